The Labute approximate surface area is 86.9 Å². The van der Waals surface area contributed by atoms with Crippen LogP contribution in [0.4, 0.5) is 0 Å². The van der Waals surface area contributed by atoms with Gasteiger partial charge in [-0.1, -0.05) is 0 Å². The van der Waals surface area contributed by atoms with Gasteiger partial charge in [0, 0.05) is 12.7 Å². The van der Waals surface area contributed by atoms with Crippen molar-refractivity contribution in [2.24, 2.45) is 0 Å². The summed E-state index contributed by atoms with van der Waals surface area (Å²) < 4.78 is 1.39. The van der Waals surface area contributed by atoms with Crippen LogP contribution in [0.15, 0.2) is 12.3 Å². The van der Waals surface area contributed by atoms with E-state index in [0.29, 0.717) is 12.2 Å². The molecule has 6 heteroatoms. The minimum Gasteiger partial charge on any atom is -0.481 e. The lowest BCUT2D eigenvalue weighted by Gasteiger charge is -2.05. The summed E-state index contributed by atoms with van der Waals surface area (Å²) in [7, 11) is 0. The van der Waals surface area contributed by atoms with Gasteiger partial charge < -0.3 is 10.4 Å². The van der Waals surface area contributed by atoms with Crippen molar-refractivity contribution in [1.29, 1.82) is 0 Å². The van der Waals surface area contributed by atoms with Crippen LogP contribution in [0.25, 0.3) is 0 Å². The fraction of sp³-hybridized carbons (Fsp3) is 0.444. The highest BCUT2D eigenvalue weighted by Crippen LogP contribution is 2.00. The molecule has 1 heterocycles. The van der Waals surface area contributed by atoms with Crippen LogP contribution in [0, 0.1) is 0 Å². The van der Waals surface area contributed by atoms with Crippen molar-refractivity contribution in [3.8, 4) is 0 Å². The molecule has 0 aliphatic heterocycles. The van der Waals surface area contributed by atoms with Crippen LogP contribution in [0.3, 0.4) is 0 Å². The first-order valence-electron chi connectivity index (χ1n) is 4.67. The summed E-state index contributed by atoms with van der Waals surface area (Å²) in [5, 5.41) is 15.0. The zero-order chi connectivity index (χ0) is 11.3. The van der Waals surface area contributed by atoms with Gasteiger partial charge in [0.2, 0.25) is 0 Å². The van der Waals surface area contributed by atoms with Gasteiger partial charge in [-0.3, -0.25) is 14.3 Å². The molecule has 0 saturated heterocycles. The Kier molecular flexibility index (Phi) is 3.84. The van der Waals surface area contributed by atoms with Gasteiger partial charge in [-0.25, -0.2) is 0 Å². The second-order valence-corrected chi connectivity index (χ2v) is 2.94. The van der Waals surface area contributed by atoms with Crippen molar-refractivity contribution in [2.75, 3.05) is 6.54 Å². The Hall–Kier alpha value is -1.85. The van der Waals surface area contributed by atoms with Crippen LogP contribution >= 0.6 is 0 Å². The maximum atomic E-state index is 11.5. The summed E-state index contributed by atoms with van der Waals surface area (Å²) in [6.07, 6.45) is 1.43. The molecule has 1 rings (SSSR count). The number of carboxylic acid groups (broad SMARTS) is 1. The Morgan fingerprint density at radius 3 is 2.93 bits per heavy atom. The normalized spacial score (nSPS) is 9.93. The van der Waals surface area contributed by atoms with Crippen molar-refractivity contribution >= 4 is 11.9 Å². The number of carbonyl (C=O) groups is 2. The number of hydrogen-bond acceptors (Lipinski definition) is 3. The Morgan fingerprint density at radius 2 is 2.33 bits per heavy atom. The van der Waals surface area contributed by atoms with Crippen molar-refractivity contribution in [3.63, 3.8) is 0 Å². The number of amides is 1. The fourth-order valence-corrected chi connectivity index (χ4v) is 1.16. The van der Waals surface area contributed by atoms with E-state index in [0.717, 1.165) is 0 Å². The monoisotopic (exact) mass is 211 g/mol. The Balaban J connectivity index is 2.68. The molecule has 0 aliphatic carbocycles. The highest BCUT2D eigenvalue weighted by Gasteiger charge is 2.11. The number of hydrogen-bond donors (Lipinski definition) is 2. The minimum atomic E-state index is -0.910. The molecule has 1 amide bonds. The molecule has 0 unspecified atom stereocenters. The third-order valence-corrected chi connectivity index (χ3v) is 1.82. The molecular formula is C9H13N3O3. The number of carbonyl (C=O) groups excluding carboxylic acids is 1. The first-order valence-corrected chi connectivity index (χ1v) is 4.67. The first kappa shape index (κ1) is 11.2. The summed E-state index contributed by atoms with van der Waals surface area (Å²) in [4.78, 5) is 21.8. The summed E-state index contributed by atoms with van der Waals surface area (Å²) in [5.74, 6) is -1.15. The molecule has 0 spiro atoms. The van der Waals surface area contributed by atoms with E-state index in [2.05, 4.69) is 10.4 Å². The third-order valence-electron chi connectivity index (χ3n) is 1.82. The van der Waals surface area contributed by atoms with Crippen LogP contribution in [0.1, 0.15) is 23.8 Å². The number of rotatable bonds is 5. The van der Waals surface area contributed by atoms with E-state index in [-0.39, 0.29) is 18.9 Å². The van der Waals surface area contributed by atoms with Crippen molar-refractivity contribution in [2.45, 2.75) is 19.9 Å². The van der Waals surface area contributed by atoms with E-state index < -0.39 is 5.97 Å². The van der Waals surface area contributed by atoms with Gasteiger partial charge in [-0.15, -0.1) is 0 Å². The smallest absolute Gasteiger partial charge is 0.305 e. The minimum absolute atomic E-state index is 0.0475. The summed E-state index contributed by atoms with van der Waals surface area (Å²) in [5.41, 5.74) is 0.387. The average Bonchev–Trinajstić information content (AvgIpc) is 2.62. The highest BCUT2D eigenvalue weighted by atomic mass is 16.4. The largest absolute Gasteiger partial charge is 0.481 e. The number of aryl methyl sites for hydroxylation is 1. The standard InChI is InChI=1S/C9H13N3O3/c1-2-10-9(15)7-3-5-11-12(7)6-4-8(13)14/h3,5H,2,4,6H2,1H3,(H,10,15)(H,13,14). The van der Waals surface area contributed by atoms with E-state index in [1.807, 2.05) is 6.92 Å². The molecule has 6 nitrogen and oxygen atoms in total. The lowest BCUT2D eigenvalue weighted by atomic mass is 10.3. The molecule has 0 aromatic carbocycles. The molecule has 15 heavy (non-hydrogen) atoms. The quantitative estimate of drug-likeness (QED) is 0.723. The third kappa shape index (κ3) is 3.08. The summed E-state index contributed by atoms with van der Waals surface area (Å²) >= 11 is 0. The summed E-state index contributed by atoms with van der Waals surface area (Å²) in [6.45, 7) is 2.55. The van der Waals surface area contributed by atoms with Gasteiger partial charge in [0.15, 0.2) is 0 Å². The molecule has 2 N–H and O–H groups in total. The van der Waals surface area contributed by atoms with E-state index in [4.69, 9.17) is 5.11 Å². The van der Waals surface area contributed by atoms with Gasteiger partial charge in [0.1, 0.15) is 5.69 Å². The molecule has 0 radical (unpaired) electrons. The van der Waals surface area contributed by atoms with Crippen molar-refractivity contribution in [1.82, 2.24) is 15.1 Å². The fourth-order valence-electron chi connectivity index (χ4n) is 1.16. The Morgan fingerprint density at radius 1 is 1.60 bits per heavy atom. The molecule has 1 aromatic rings. The predicted molar refractivity (Wildman–Crippen MR) is 52.5 cm³/mol. The molecule has 0 saturated carbocycles. The first-order chi connectivity index (χ1) is 7.15. The molecule has 82 valence electrons. The van der Waals surface area contributed by atoms with Crippen LogP contribution in [0.2, 0.25) is 0 Å². The zero-order valence-electron chi connectivity index (χ0n) is 8.43. The molecule has 0 fully saturated rings. The van der Waals surface area contributed by atoms with Gasteiger partial charge in [-0.2, -0.15) is 5.10 Å². The van der Waals surface area contributed by atoms with E-state index >= 15 is 0 Å². The second-order valence-electron chi connectivity index (χ2n) is 2.94. The molecule has 1 aromatic heterocycles. The van der Waals surface area contributed by atoms with Gasteiger partial charge >= 0.3 is 5.97 Å². The summed E-state index contributed by atoms with van der Waals surface area (Å²) in [6, 6.07) is 1.56. The SMILES string of the molecule is CCNC(=O)c1ccnn1CCC(=O)O. The zero-order valence-corrected chi connectivity index (χ0v) is 8.43. The number of aliphatic carboxylic acids is 1. The molecule has 0 bridgehead atoms. The van der Waals surface area contributed by atoms with E-state index in [9.17, 15) is 9.59 Å². The number of aromatic nitrogens is 2. The van der Waals surface area contributed by atoms with Gasteiger partial charge in [0.05, 0.1) is 13.0 Å². The second kappa shape index (κ2) is 5.14. The van der Waals surface area contributed by atoms with Gasteiger partial charge in [0.25, 0.3) is 5.91 Å². The number of nitrogens with zero attached hydrogens (tertiary/aromatic N) is 2. The topological polar surface area (TPSA) is 84.2 Å². The van der Waals surface area contributed by atoms with Crippen molar-refractivity contribution in [3.05, 3.63) is 18.0 Å². The molecular weight excluding hydrogens is 198 g/mol. The van der Waals surface area contributed by atoms with Crippen LogP contribution in [0.5, 0.6) is 0 Å². The maximum Gasteiger partial charge on any atom is 0.305 e. The number of nitrogens with one attached hydrogen (secondary N) is 1. The Bertz CT molecular complexity index is 359. The highest BCUT2D eigenvalue weighted by molar-refractivity contribution is 5.92. The van der Waals surface area contributed by atoms with Crippen LogP contribution in [-0.4, -0.2) is 33.3 Å². The molecule has 0 atom stereocenters. The van der Waals surface area contributed by atoms with E-state index in [1.165, 1.54) is 10.9 Å². The van der Waals surface area contributed by atoms with Gasteiger partial charge in [-0.05, 0) is 13.0 Å². The van der Waals surface area contributed by atoms with E-state index in [1.54, 1.807) is 6.07 Å². The van der Waals surface area contributed by atoms with Crippen LogP contribution < -0.4 is 5.32 Å². The predicted octanol–water partition coefficient (Wildman–Crippen LogP) is 0.107. The lowest BCUT2D eigenvalue weighted by Crippen LogP contribution is -2.26. The average molecular weight is 211 g/mol. The lowest BCUT2D eigenvalue weighted by molar-refractivity contribution is -0.137. The molecule has 0 aliphatic rings. The van der Waals surface area contributed by atoms with Crippen molar-refractivity contribution < 1.29 is 14.7 Å². The maximum absolute atomic E-state index is 11.5. The van der Waals surface area contributed by atoms with Crippen LogP contribution in [-0.2, 0) is 11.3 Å². The number of carboxylic acids is 1.